The van der Waals surface area contributed by atoms with Crippen molar-refractivity contribution in [1.82, 2.24) is 5.06 Å². The second kappa shape index (κ2) is 2.80. The Morgan fingerprint density at radius 3 is 2.25 bits per heavy atom. The highest BCUT2D eigenvalue weighted by Crippen LogP contribution is 2.15. The van der Waals surface area contributed by atoms with Crippen LogP contribution in [0, 0.1) is 0 Å². The first kappa shape index (κ1) is 6.52. The maximum atomic E-state index is 8.84. The van der Waals surface area contributed by atoms with E-state index >= 15 is 0 Å². The molecule has 0 spiro atoms. The topological polar surface area (TPSA) is 23.5 Å². The number of nitrogens with zero attached hydrogens (tertiary/aromatic N) is 1. The molecule has 0 unspecified atom stereocenters. The minimum absolute atomic E-state index is 0.630. The molecular weight excluding hydrogens is 170 g/mol. The molecule has 0 bridgehead atoms. The molecule has 0 radical (unpaired) electrons. The van der Waals surface area contributed by atoms with Gasteiger partial charge in [-0.05, 0) is 12.8 Å². The summed E-state index contributed by atoms with van der Waals surface area (Å²) in [7, 11) is 0. The van der Waals surface area contributed by atoms with Crippen LogP contribution in [0.25, 0.3) is 0 Å². The van der Waals surface area contributed by atoms with Gasteiger partial charge in [0.2, 0.25) is 0 Å². The van der Waals surface area contributed by atoms with Gasteiger partial charge in [-0.1, -0.05) is 15.9 Å². The number of rotatable bonds is 0. The molecule has 1 aliphatic rings. The molecule has 0 aliphatic carbocycles. The van der Waals surface area contributed by atoms with Crippen molar-refractivity contribution < 1.29 is 5.21 Å². The summed E-state index contributed by atoms with van der Waals surface area (Å²) in [5, 5.41) is 10.2. The van der Waals surface area contributed by atoms with E-state index in [0.717, 1.165) is 25.9 Å². The molecule has 1 aliphatic heterocycles. The minimum Gasteiger partial charge on any atom is -0.314 e. The largest absolute Gasteiger partial charge is 0.314 e. The molecular formula is C5H10BrNO. The zero-order chi connectivity index (χ0) is 5.98. The van der Waals surface area contributed by atoms with Gasteiger partial charge in [0.15, 0.2) is 0 Å². The van der Waals surface area contributed by atoms with Crippen molar-refractivity contribution in [3.8, 4) is 0 Å². The predicted molar refractivity (Wildman–Crippen MR) is 35.3 cm³/mol. The van der Waals surface area contributed by atoms with Gasteiger partial charge in [-0.2, -0.15) is 5.06 Å². The predicted octanol–water partition coefficient (Wildman–Crippen LogP) is 1.23. The molecule has 8 heavy (non-hydrogen) atoms. The van der Waals surface area contributed by atoms with Gasteiger partial charge >= 0.3 is 0 Å². The molecule has 0 aromatic rings. The average molecular weight is 180 g/mol. The van der Waals surface area contributed by atoms with E-state index in [0.29, 0.717) is 4.83 Å². The van der Waals surface area contributed by atoms with Crippen LogP contribution < -0.4 is 0 Å². The van der Waals surface area contributed by atoms with Gasteiger partial charge in [-0.15, -0.1) is 0 Å². The molecule has 1 rings (SSSR count). The van der Waals surface area contributed by atoms with Crippen molar-refractivity contribution in [3.05, 3.63) is 0 Å². The highest BCUT2D eigenvalue weighted by Gasteiger charge is 2.13. The molecule has 1 heterocycles. The van der Waals surface area contributed by atoms with Crippen LogP contribution >= 0.6 is 15.9 Å². The fourth-order valence-corrected chi connectivity index (χ4v) is 1.24. The molecule has 0 aromatic heterocycles. The van der Waals surface area contributed by atoms with Crippen molar-refractivity contribution in [3.63, 3.8) is 0 Å². The third kappa shape index (κ3) is 1.73. The van der Waals surface area contributed by atoms with Crippen LogP contribution in [0.1, 0.15) is 12.8 Å². The van der Waals surface area contributed by atoms with Gasteiger partial charge in [-0.3, -0.25) is 0 Å². The van der Waals surface area contributed by atoms with Gasteiger partial charge in [0, 0.05) is 17.9 Å². The van der Waals surface area contributed by atoms with Crippen LogP contribution in [0.3, 0.4) is 0 Å². The minimum atomic E-state index is 0.630. The zero-order valence-electron chi connectivity index (χ0n) is 4.68. The van der Waals surface area contributed by atoms with Gasteiger partial charge in [-0.25, -0.2) is 0 Å². The Balaban J connectivity index is 2.19. The Labute approximate surface area is 57.6 Å². The van der Waals surface area contributed by atoms with E-state index in [1.54, 1.807) is 0 Å². The zero-order valence-corrected chi connectivity index (χ0v) is 6.26. The molecule has 0 aromatic carbocycles. The maximum Gasteiger partial charge on any atom is 0.0248 e. The first-order valence-electron chi connectivity index (χ1n) is 2.87. The summed E-state index contributed by atoms with van der Waals surface area (Å²) in [6, 6.07) is 0. The lowest BCUT2D eigenvalue weighted by Gasteiger charge is -2.23. The third-order valence-electron chi connectivity index (χ3n) is 1.40. The van der Waals surface area contributed by atoms with E-state index in [9.17, 15) is 0 Å². The summed E-state index contributed by atoms with van der Waals surface area (Å²) in [5.41, 5.74) is 0. The highest BCUT2D eigenvalue weighted by molar-refractivity contribution is 9.09. The monoisotopic (exact) mass is 179 g/mol. The fourth-order valence-electron chi connectivity index (χ4n) is 0.834. The first-order chi connectivity index (χ1) is 3.79. The summed E-state index contributed by atoms with van der Waals surface area (Å²) < 4.78 is 0. The van der Waals surface area contributed by atoms with Crippen LogP contribution in [0.2, 0.25) is 0 Å². The van der Waals surface area contributed by atoms with E-state index in [1.807, 2.05) is 0 Å². The van der Waals surface area contributed by atoms with Crippen molar-refractivity contribution in [2.24, 2.45) is 0 Å². The second-order valence-corrected chi connectivity index (χ2v) is 3.42. The SMILES string of the molecule is ON1CCC(Br)CC1. The quantitative estimate of drug-likeness (QED) is 0.567. The van der Waals surface area contributed by atoms with E-state index in [2.05, 4.69) is 15.9 Å². The molecule has 2 nitrogen and oxygen atoms in total. The summed E-state index contributed by atoms with van der Waals surface area (Å²) in [4.78, 5) is 0.630. The number of hydrogen-bond donors (Lipinski definition) is 1. The first-order valence-corrected chi connectivity index (χ1v) is 3.78. The summed E-state index contributed by atoms with van der Waals surface area (Å²) in [6.07, 6.45) is 2.13. The Hall–Kier alpha value is 0.400. The highest BCUT2D eigenvalue weighted by atomic mass is 79.9. The van der Waals surface area contributed by atoms with Gasteiger partial charge in [0.25, 0.3) is 0 Å². The normalized spacial score (nSPS) is 26.2. The summed E-state index contributed by atoms with van der Waals surface area (Å²) in [6.45, 7) is 1.63. The fraction of sp³-hybridized carbons (Fsp3) is 1.00. The van der Waals surface area contributed by atoms with Crippen molar-refractivity contribution >= 4 is 15.9 Å². The number of hydroxylamine groups is 2. The Bertz CT molecular complexity index is 60.8. The second-order valence-electron chi connectivity index (χ2n) is 2.13. The molecule has 3 heteroatoms. The van der Waals surface area contributed by atoms with Crippen molar-refractivity contribution in [1.29, 1.82) is 0 Å². The number of alkyl halides is 1. The lowest BCUT2D eigenvalue weighted by Crippen LogP contribution is -2.30. The maximum absolute atomic E-state index is 8.84. The molecule has 48 valence electrons. The van der Waals surface area contributed by atoms with Gasteiger partial charge in [0.05, 0.1) is 0 Å². The molecule has 1 fully saturated rings. The third-order valence-corrected chi connectivity index (χ3v) is 2.32. The molecule has 0 amide bonds. The van der Waals surface area contributed by atoms with Crippen molar-refractivity contribution in [2.75, 3.05) is 13.1 Å². The van der Waals surface area contributed by atoms with E-state index in [1.165, 1.54) is 5.06 Å². The lowest BCUT2D eigenvalue weighted by molar-refractivity contribution is -0.102. The van der Waals surface area contributed by atoms with E-state index in [-0.39, 0.29) is 0 Å². The van der Waals surface area contributed by atoms with E-state index < -0.39 is 0 Å². The molecule has 1 saturated heterocycles. The van der Waals surface area contributed by atoms with Crippen LogP contribution in [0.15, 0.2) is 0 Å². The van der Waals surface area contributed by atoms with Crippen LogP contribution in [0.5, 0.6) is 0 Å². The van der Waals surface area contributed by atoms with Crippen molar-refractivity contribution in [2.45, 2.75) is 17.7 Å². The smallest absolute Gasteiger partial charge is 0.0248 e. The summed E-state index contributed by atoms with van der Waals surface area (Å²) >= 11 is 3.48. The Morgan fingerprint density at radius 1 is 1.38 bits per heavy atom. The number of hydrogen-bond acceptors (Lipinski definition) is 2. The number of piperidine rings is 1. The standard InChI is InChI=1S/C5H10BrNO/c6-5-1-3-7(8)4-2-5/h5,8H,1-4H2. The van der Waals surface area contributed by atoms with Crippen LogP contribution in [-0.2, 0) is 0 Å². The van der Waals surface area contributed by atoms with Crippen LogP contribution in [-0.4, -0.2) is 28.2 Å². The molecule has 1 N–H and O–H groups in total. The lowest BCUT2D eigenvalue weighted by atomic mass is 10.2. The Morgan fingerprint density at radius 2 is 1.88 bits per heavy atom. The average Bonchev–Trinajstić information content (AvgIpc) is 1.77. The summed E-state index contributed by atoms with van der Waals surface area (Å²) in [5.74, 6) is 0. The van der Waals surface area contributed by atoms with Crippen LogP contribution in [0.4, 0.5) is 0 Å². The van der Waals surface area contributed by atoms with E-state index in [4.69, 9.17) is 5.21 Å². The molecule has 0 saturated carbocycles. The molecule has 0 atom stereocenters. The van der Waals surface area contributed by atoms with Gasteiger partial charge < -0.3 is 5.21 Å². The number of halogens is 1. The Kier molecular flexibility index (Phi) is 2.28. The van der Waals surface area contributed by atoms with Gasteiger partial charge in [0.1, 0.15) is 0 Å².